The molecule has 0 bridgehead atoms. The molecular formula is C28H24N6O3S. The van der Waals surface area contributed by atoms with Crippen LogP contribution in [0.25, 0.3) is 21.3 Å². The van der Waals surface area contributed by atoms with Gasteiger partial charge in [-0.2, -0.15) is 0 Å². The average Bonchev–Trinajstić information content (AvgIpc) is 3.54. The normalized spacial score (nSPS) is 18.2. The Balaban J connectivity index is 1.34. The Labute approximate surface area is 222 Å². The second-order valence-electron chi connectivity index (χ2n) is 9.18. The first-order chi connectivity index (χ1) is 18.5. The van der Waals surface area contributed by atoms with Crippen LogP contribution >= 0.6 is 11.3 Å². The summed E-state index contributed by atoms with van der Waals surface area (Å²) in [5.74, 6) is -0.109. The quantitative estimate of drug-likeness (QED) is 0.307. The number of carbonyl (C=O) groups excluding carboxylic acids is 3. The van der Waals surface area contributed by atoms with E-state index in [0.29, 0.717) is 32.3 Å². The van der Waals surface area contributed by atoms with Crippen molar-refractivity contribution in [3.8, 4) is 11.1 Å². The molecule has 4 heterocycles. The van der Waals surface area contributed by atoms with E-state index in [-0.39, 0.29) is 23.9 Å². The van der Waals surface area contributed by atoms with Crippen molar-refractivity contribution < 1.29 is 14.4 Å². The van der Waals surface area contributed by atoms with E-state index in [9.17, 15) is 14.4 Å². The SMILES string of the molecule is C=CC(=O)N[C@H]1CCC[C@H]1NC(=O)c1sc2nccc3c2c1NC(=O)N3c1cc(-c2ccccc2)ccn1. The fourth-order valence-corrected chi connectivity index (χ4v) is 6.13. The summed E-state index contributed by atoms with van der Waals surface area (Å²) in [6.45, 7) is 3.50. The van der Waals surface area contributed by atoms with Gasteiger partial charge in [0.15, 0.2) is 0 Å². The second-order valence-corrected chi connectivity index (χ2v) is 10.2. The number of anilines is 3. The van der Waals surface area contributed by atoms with Gasteiger partial charge in [-0.15, -0.1) is 11.3 Å². The number of carbonyl (C=O) groups is 3. The molecule has 4 amide bonds. The van der Waals surface area contributed by atoms with Crippen LogP contribution in [-0.2, 0) is 4.79 Å². The zero-order chi connectivity index (χ0) is 26.2. The number of nitrogens with zero attached hydrogens (tertiary/aromatic N) is 3. The molecule has 0 spiro atoms. The van der Waals surface area contributed by atoms with Crippen molar-refractivity contribution in [1.29, 1.82) is 0 Å². The van der Waals surface area contributed by atoms with E-state index in [1.54, 1.807) is 18.5 Å². The molecule has 2 atom stereocenters. The summed E-state index contributed by atoms with van der Waals surface area (Å²) < 4.78 is 0. The molecule has 10 heteroatoms. The van der Waals surface area contributed by atoms with Crippen LogP contribution in [0, 0.1) is 0 Å². The monoisotopic (exact) mass is 524 g/mol. The molecule has 3 N–H and O–H groups in total. The van der Waals surface area contributed by atoms with Gasteiger partial charge in [0.25, 0.3) is 5.91 Å². The molecule has 1 aromatic carbocycles. The maximum atomic E-state index is 13.4. The van der Waals surface area contributed by atoms with Gasteiger partial charge < -0.3 is 16.0 Å². The van der Waals surface area contributed by atoms with E-state index in [4.69, 9.17) is 0 Å². The highest BCUT2D eigenvalue weighted by molar-refractivity contribution is 7.21. The van der Waals surface area contributed by atoms with Gasteiger partial charge >= 0.3 is 6.03 Å². The maximum Gasteiger partial charge on any atom is 0.332 e. The van der Waals surface area contributed by atoms with Gasteiger partial charge in [0.1, 0.15) is 15.5 Å². The van der Waals surface area contributed by atoms with Crippen LogP contribution in [-0.4, -0.2) is 39.9 Å². The summed E-state index contributed by atoms with van der Waals surface area (Å²) >= 11 is 1.22. The Morgan fingerprint density at radius 1 is 1.03 bits per heavy atom. The number of urea groups is 1. The second kappa shape index (κ2) is 9.71. The summed E-state index contributed by atoms with van der Waals surface area (Å²) in [5.41, 5.74) is 2.99. The molecule has 38 heavy (non-hydrogen) atoms. The number of rotatable bonds is 6. The number of nitrogens with one attached hydrogen (secondary N) is 3. The molecule has 190 valence electrons. The van der Waals surface area contributed by atoms with E-state index < -0.39 is 6.03 Å². The van der Waals surface area contributed by atoms with Gasteiger partial charge in [0.2, 0.25) is 5.91 Å². The third kappa shape index (κ3) is 4.18. The predicted molar refractivity (Wildman–Crippen MR) is 148 cm³/mol. The van der Waals surface area contributed by atoms with Crippen LogP contribution in [0.1, 0.15) is 28.9 Å². The van der Waals surface area contributed by atoms with Gasteiger partial charge in [0, 0.05) is 24.5 Å². The highest BCUT2D eigenvalue weighted by Crippen LogP contribution is 2.45. The molecule has 6 rings (SSSR count). The first-order valence-corrected chi connectivity index (χ1v) is 13.1. The van der Waals surface area contributed by atoms with Crippen molar-refractivity contribution in [2.75, 3.05) is 10.2 Å². The van der Waals surface area contributed by atoms with Gasteiger partial charge in [-0.25, -0.2) is 19.7 Å². The molecule has 0 radical (unpaired) electrons. The van der Waals surface area contributed by atoms with Crippen LogP contribution in [0.15, 0.2) is 73.6 Å². The lowest BCUT2D eigenvalue weighted by Gasteiger charge is -2.28. The van der Waals surface area contributed by atoms with E-state index in [0.717, 1.165) is 30.4 Å². The number of benzene rings is 1. The number of amides is 4. The molecule has 2 aliphatic rings. The van der Waals surface area contributed by atoms with Gasteiger partial charge in [-0.3, -0.25) is 9.59 Å². The molecule has 4 aromatic rings. The van der Waals surface area contributed by atoms with E-state index in [2.05, 4.69) is 32.5 Å². The lowest BCUT2D eigenvalue weighted by molar-refractivity contribution is -0.117. The van der Waals surface area contributed by atoms with Crippen LogP contribution in [0.4, 0.5) is 22.0 Å². The fraction of sp³-hybridized carbons (Fsp3) is 0.179. The standard InChI is InChI=1S/C28H24N6O3S/c1-2-22(35)31-18-9-6-10-19(18)32-26(36)25-24-23-20(12-14-30-27(23)38-25)34(28(37)33-24)21-15-17(11-13-29-21)16-7-4-3-5-8-16/h2-5,7-8,11-15,18-19H,1,6,9-10H2,(H,31,35)(H,32,36)(H,33,37)/t18-,19+/m0/s1. The Bertz CT molecular complexity index is 1580. The minimum absolute atomic E-state index is 0.170. The average molecular weight is 525 g/mol. The Morgan fingerprint density at radius 2 is 1.79 bits per heavy atom. The number of aromatic nitrogens is 2. The van der Waals surface area contributed by atoms with Crippen LogP contribution in [0.3, 0.4) is 0 Å². The Kier molecular flexibility index (Phi) is 6.09. The van der Waals surface area contributed by atoms with Crippen LogP contribution < -0.4 is 20.9 Å². The molecular weight excluding hydrogens is 500 g/mol. The summed E-state index contributed by atoms with van der Waals surface area (Å²) in [6, 6.07) is 14.6. The molecule has 1 saturated carbocycles. The van der Waals surface area contributed by atoms with Crippen LogP contribution in [0.5, 0.6) is 0 Å². The first kappa shape index (κ1) is 23.8. The van der Waals surface area contributed by atoms with Crippen molar-refractivity contribution in [3.05, 3.63) is 78.5 Å². The minimum Gasteiger partial charge on any atom is -0.348 e. The van der Waals surface area contributed by atoms with E-state index >= 15 is 0 Å². The van der Waals surface area contributed by atoms with Gasteiger partial charge in [0.05, 0.1) is 16.8 Å². The van der Waals surface area contributed by atoms with Crippen molar-refractivity contribution in [3.63, 3.8) is 0 Å². The molecule has 1 aliphatic carbocycles. The zero-order valence-corrected chi connectivity index (χ0v) is 21.1. The minimum atomic E-state index is -0.410. The lowest BCUT2D eigenvalue weighted by atomic mass is 10.1. The third-order valence-electron chi connectivity index (χ3n) is 6.88. The van der Waals surface area contributed by atoms with Crippen molar-refractivity contribution >= 4 is 56.6 Å². The smallest absolute Gasteiger partial charge is 0.332 e. The molecule has 0 saturated heterocycles. The number of thiophene rings is 1. The number of pyridine rings is 2. The first-order valence-electron chi connectivity index (χ1n) is 12.3. The summed E-state index contributed by atoms with van der Waals surface area (Å²) in [7, 11) is 0. The molecule has 1 fully saturated rings. The predicted octanol–water partition coefficient (Wildman–Crippen LogP) is 5.00. The van der Waals surface area contributed by atoms with Crippen molar-refractivity contribution in [2.45, 2.75) is 31.3 Å². The van der Waals surface area contributed by atoms with Gasteiger partial charge in [-0.05, 0) is 54.7 Å². The Morgan fingerprint density at radius 3 is 2.58 bits per heavy atom. The van der Waals surface area contributed by atoms with E-state index in [1.165, 1.54) is 22.3 Å². The van der Waals surface area contributed by atoms with Crippen molar-refractivity contribution in [2.24, 2.45) is 0 Å². The zero-order valence-electron chi connectivity index (χ0n) is 20.3. The highest BCUT2D eigenvalue weighted by atomic mass is 32.1. The summed E-state index contributed by atoms with van der Waals surface area (Å²) in [6.07, 6.45) is 6.95. The maximum absolute atomic E-state index is 13.4. The summed E-state index contributed by atoms with van der Waals surface area (Å²) in [4.78, 5) is 50.1. The summed E-state index contributed by atoms with van der Waals surface area (Å²) in [5, 5.41) is 9.55. The molecule has 1 aliphatic heterocycles. The topological polar surface area (TPSA) is 116 Å². The van der Waals surface area contributed by atoms with Crippen LogP contribution in [0.2, 0.25) is 0 Å². The van der Waals surface area contributed by atoms with Crippen molar-refractivity contribution in [1.82, 2.24) is 20.6 Å². The fourth-order valence-electron chi connectivity index (χ4n) is 5.10. The molecule has 3 aromatic heterocycles. The highest BCUT2D eigenvalue weighted by Gasteiger charge is 2.35. The van der Waals surface area contributed by atoms with Gasteiger partial charge in [-0.1, -0.05) is 36.9 Å². The molecule has 0 unspecified atom stereocenters. The Hall–Kier alpha value is -4.57. The lowest BCUT2D eigenvalue weighted by Crippen LogP contribution is -2.48. The number of hydrogen-bond acceptors (Lipinski definition) is 6. The largest absolute Gasteiger partial charge is 0.348 e. The van der Waals surface area contributed by atoms with E-state index in [1.807, 2.05) is 42.5 Å². The molecule has 9 nitrogen and oxygen atoms in total. The third-order valence-corrected chi connectivity index (χ3v) is 7.98. The number of hydrogen-bond donors (Lipinski definition) is 3.